The fraction of sp³-hybridized carbons (Fsp3) is 0.846. The molecular formula is C13H22N2O4. The van der Waals surface area contributed by atoms with E-state index in [2.05, 4.69) is 5.32 Å². The molecule has 0 spiro atoms. The Morgan fingerprint density at radius 3 is 2.74 bits per heavy atom. The molecule has 6 nitrogen and oxygen atoms in total. The highest BCUT2D eigenvalue weighted by Gasteiger charge is 2.36. The number of nitrogens with zero attached hydrogens (tertiary/aromatic N) is 1. The van der Waals surface area contributed by atoms with Crippen LogP contribution in [0, 0.1) is 5.92 Å². The van der Waals surface area contributed by atoms with E-state index in [4.69, 9.17) is 9.84 Å². The van der Waals surface area contributed by atoms with Gasteiger partial charge in [-0.1, -0.05) is 0 Å². The second kappa shape index (κ2) is 5.36. The smallest absolute Gasteiger partial charge is 0.318 e. The molecule has 19 heavy (non-hydrogen) atoms. The predicted octanol–water partition coefficient (Wildman–Crippen LogP) is 1.06. The van der Waals surface area contributed by atoms with E-state index in [9.17, 15) is 9.59 Å². The molecule has 2 amide bonds. The first-order chi connectivity index (χ1) is 8.91. The molecule has 2 fully saturated rings. The molecular weight excluding hydrogens is 248 g/mol. The van der Waals surface area contributed by atoms with Gasteiger partial charge in [0, 0.05) is 19.2 Å². The van der Waals surface area contributed by atoms with Gasteiger partial charge in [0.1, 0.15) is 0 Å². The monoisotopic (exact) mass is 270 g/mol. The van der Waals surface area contributed by atoms with E-state index in [1.165, 1.54) is 0 Å². The zero-order valence-electron chi connectivity index (χ0n) is 11.5. The van der Waals surface area contributed by atoms with Crippen LogP contribution in [-0.4, -0.2) is 53.3 Å². The van der Waals surface area contributed by atoms with Gasteiger partial charge in [-0.2, -0.15) is 0 Å². The van der Waals surface area contributed by atoms with Gasteiger partial charge in [0.15, 0.2) is 0 Å². The highest BCUT2D eigenvalue weighted by Crippen LogP contribution is 2.24. The molecule has 2 aliphatic heterocycles. The van der Waals surface area contributed by atoms with E-state index < -0.39 is 5.97 Å². The first-order valence-corrected chi connectivity index (χ1v) is 6.81. The summed E-state index contributed by atoms with van der Waals surface area (Å²) < 4.78 is 5.31. The average molecular weight is 270 g/mol. The van der Waals surface area contributed by atoms with Gasteiger partial charge < -0.3 is 20.1 Å². The minimum Gasteiger partial charge on any atom is -0.481 e. The van der Waals surface area contributed by atoms with E-state index in [0.29, 0.717) is 32.6 Å². The number of likely N-dealkylation sites (tertiary alicyclic amines) is 1. The summed E-state index contributed by atoms with van der Waals surface area (Å²) in [6.07, 6.45) is 1.87. The van der Waals surface area contributed by atoms with E-state index in [-0.39, 0.29) is 23.5 Å². The Morgan fingerprint density at radius 2 is 2.21 bits per heavy atom. The van der Waals surface area contributed by atoms with Crippen LogP contribution in [0.2, 0.25) is 0 Å². The van der Waals surface area contributed by atoms with Crippen LogP contribution in [0.4, 0.5) is 4.79 Å². The lowest BCUT2D eigenvalue weighted by atomic mass is 9.92. The van der Waals surface area contributed by atoms with E-state index in [1.54, 1.807) is 4.90 Å². The van der Waals surface area contributed by atoms with Gasteiger partial charge in [-0.25, -0.2) is 4.79 Å². The molecule has 2 heterocycles. The maximum atomic E-state index is 12.3. The Balaban J connectivity index is 1.91. The third-order valence-electron chi connectivity index (χ3n) is 4.11. The van der Waals surface area contributed by atoms with Crippen LogP contribution < -0.4 is 5.32 Å². The molecule has 0 aromatic heterocycles. The van der Waals surface area contributed by atoms with Crippen molar-refractivity contribution >= 4 is 12.0 Å². The number of carboxylic acid groups (broad SMARTS) is 1. The molecule has 2 aliphatic rings. The quantitative estimate of drug-likeness (QED) is 0.786. The molecule has 108 valence electrons. The molecule has 0 bridgehead atoms. The van der Waals surface area contributed by atoms with Gasteiger partial charge >= 0.3 is 12.0 Å². The van der Waals surface area contributed by atoms with E-state index >= 15 is 0 Å². The number of carbonyl (C=O) groups is 2. The molecule has 0 aromatic carbocycles. The third kappa shape index (κ3) is 3.18. The summed E-state index contributed by atoms with van der Waals surface area (Å²) in [5, 5.41) is 12.0. The molecule has 0 saturated carbocycles. The number of aliphatic carboxylic acids is 1. The van der Waals surface area contributed by atoms with Crippen LogP contribution in [-0.2, 0) is 9.53 Å². The van der Waals surface area contributed by atoms with Crippen molar-refractivity contribution in [2.75, 3.05) is 19.8 Å². The number of hydrogen-bond acceptors (Lipinski definition) is 3. The largest absolute Gasteiger partial charge is 0.481 e. The standard InChI is InChI=1S/C13H22N2O4/c1-9-7-10(11(16)17)3-5-15(9)12(18)14-13(2)4-6-19-8-13/h9-10H,3-8H2,1-2H3,(H,14,18)(H,16,17). The fourth-order valence-electron chi connectivity index (χ4n) is 2.79. The summed E-state index contributed by atoms with van der Waals surface area (Å²) in [5.74, 6) is -1.09. The Bertz CT molecular complexity index is 366. The van der Waals surface area contributed by atoms with Crippen LogP contribution in [0.15, 0.2) is 0 Å². The molecule has 0 aromatic rings. The molecule has 2 saturated heterocycles. The second-order valence-corrected chi connectivity index (χ2v) is 5.90. The number of carbonyl (C=O) groups excluding carboxylic acids is 1. The number of piperidine rings is 1. The van der Waals surface area contributed by atoms with Crippen LogP contribution >= 0.6 is 0 Å². The summed E-state index contributed by atoms with van der Waals surface area (Å²) in [6, 6.07) is -0.148. The molecule has 0 aliphatic carbocycles. The van der Waals surface area contributed by atoms with Crippen molar-refractivity contribution in [3.63, 3.8) is 0 Å². The van der Waals surface area contributed by atoms with Crippen molar-refractivity contribution in [2.45, 2.75) is 44.7 Å². The molecule has 6 heteroatoms. The minimum absolute atomic E-state index is 0.0410. The zero-order chi connectivity index (χ0) is 14.0. The molecule has 0 radical (unpaired) electrons. The zero-order valence-corrected chi connectivity index (χ0v) is 11.5. The predicted molar refractivity (Wildman–Crippen MR) is 68.9 cm³/mol. The molecule has 3 unspecified atom stereocenters. The number of urea groups is 1. The van der Waals surface area contributed by atoms with Gasteiger partial charge in [-0.3, -0.25) is 4.79 Å². The van der Waals surface area contributed by atoms with Crippen LogP contribution in [0.3, 0.4) is 0 Å². The highest BCUT2D eigenvalue weighted by molar-refractivity contribution is 5.76. The summed E-state index contributed by atoms with van der Waals surface area (Å²) in [6.45, 7) is 5.60. The number of rotatable bonds is 2. The highest BCUT2D eigenvalue weighted by atomic mass is 16.5. The Hall–Kier alpha value is -1.30. The molecule has 3 atom stereocenters. The van der Waals surface area contributed by atoms with Crippen molar-refractivity contribution in [1.82, 2.24) is 10.2 Å². The second-order valence-electron chi connectivity index (χ2n) is 5.90. The lowest BCUT2D eigenvalue weighted by molar-refractivity contribution is -0.143. The maximum Gasteiger partial charge on any atom is 0.318 e. The molecule has 2 rings (SSSR count). The Labute approximate surface area is 113 Å². The number of ether oxygens (including phenoxy) is 1. The SMILES string of the molecule is CC1CC(C(=O)O)CCN1C(=O)NC1(C)CCOC1. The maximum absolute atomic E-state index is 12.3. The number of amides is 2. The van der Waals surface area contributed by atoms with Crippen molar-refractivity contribution in [2.24, 2.45) is 5.92 Å². The van der Waals surface area contributed by atoms with Crippen molar-refractivity contribution in [1.29, 1.82) is 0 Å². The summed E-state index contributed by atoms with van der Waals surface area (Å²) in [4.78, 5) is 25.0. The summed E-state index contributed by atoms with van der Waals surface area (Å²) in [7, 11) is 0. The van der Waals surface area contributed by atoms with Crippen molar-refractivity contribution in [3.05, 3.63) is 0 Å². The molecule has 2 N–H and O–H groups in total. The van der Waals surface area contributed by atoms with Crippen molar-refractivity contribution in [3.8, 4) is 0 Å². The van der Waals surface area contributed by atoms with Gasteiger partial charge in [0.25, 0.3) is 0 Å². The lowest BCUT2D eigenvalue weighted by Crippen LogP contribution is -2.56. The average Bonchev–Trinajstić information content (AvgIpc) is 2.75. The third-order valence-corrected chi connectivity index (χ3v) is 4.11. The first kappa shape index (κ1) is 14.1. The first-order valence-electron chi connectivity index (χ1n) is 6.81. The number of hydrogen-bond donors (Lipinski definition) is 2. The van der Waals surface area contributed by atoms with Crippen LogP contribution in [0.1, 0.15) is 33.1 Å². The topological polar surface area (TPSA) is 78.9 Å². The van der Waals surface area contributed by atoms with Gasteiger partial charge in [-0.05, 0) is 33.1 Å². The van der Waals surface area contributed by atoms with Gasteiger partial charge in [0.05, 0.1) is 18.1 Å². The number of nitrogens with one attached hydrogen (secondary N) is 1. The Kier molecular flexibility index (Phi) is 3.99. The van der Waals surface area contributed by atoms with E-state index in [0.717, 1.165) is 6.42 Å². The number of carboxylic acids is 1. The minimum atomic E-state index is -0.761. The Morgan fingerprint density at radius 1 is 1.47 bits per heavy atom. The van der Waals surface area contributed by atoms with E-state index in [1.807, 2.05) is 13.8 Å². The summed E-state index contributed by atoms with van der Waals surface area (Å²) >= 11 is 0. The summed E-state index contributed by atoms with van der Waals surface area (Å²) in [5.41, 5.74) is -0.291. The fourth-order valence-corrected chi connectivity index (χ4v) is 2.79. The van der Waals surface area contributed by atoms with Crippen LogP contribution in [0.25, 0.3) is 0 Å². The van der Waals surface area contributed by atoms with Gasteiger partial charge in [-0.15, -0.1) is 0 Å². The normalized spacial score (nSPS) is 35.2. The van der Waals surface area contributed by atoms with Crippen molar-refractivity contribution < 1.29 is 19.4 Å². The van der Waals surface area contributed by atoms with Crippen LogP contribution in [0.5, 0.6) is 0 Å². The lowest BCUT2D eigenvalue weighted by Gasteiger charge is -2.38. The van der Waals surface area contributed by atoms with Gasteiger partial charge in [0.2, 0.25) is 0 Å².